The highest BCUT2D eigenvalue weighted by molar-refractivity contribution is 5.91. The molecular formula is C23H35FN4O2+2. The lowest BCUT2D eigenvalue weighted by Crippen LogP contribution is -3.30. The first-order valence-electron chi connectivity index (χ1n) is 11.2. The minimum absolute atomic E-state index is 0.0759. The second-order valence-corrected chi connectivity index (χ2v) is 8.51. The molecule has 3 rings (SSSR count). The first-order chi connectivity index (χ1) is 14.5. The van der Waals surface area contributed by atoms with Crippen LogP contribution in [0.3, 0.4) is 0 Å². The smallest absolute Gasteiger partial charge is 0.279 e. The van der Waals surface area contributed by atoms with Crippen molar-refractivity contribution in [3.63, 3.8) is 0 Å². The van der Waals surface area contributed by atoms with Crippen LogP contribution < -0.4 is 20.4 Å². The number of hydrogen-bond acceptors (Lipinski definition) is 2. The van der Waals surface area contributed by atoms with Crippen molar-refractivity contribution in [2.75, 3.05) is 44.6 Å². The van der Waals surface area contributed by atoms with Gasteiger partial charge in [0.1, 0.15) is 32.0 Å². The molecule has 1 aliphatic heterocycles. The average molecular weight is 419 g/mol. The van der Waals surface area contributed by atoms with E-state index in [-0.39, 0.29) is 23.7 Å². The molecule has 2 aliphatic rings. The van der Waals surface area contributed by atoms with E-state index >= 15 is 0 Å². The van der Waals surface area contributed by atoms with Gasteiger partial charge in [0.2, 0.25) is 0 Å². The quantitative estimate of drug-likeness (QED) is 0.447. The largest absolute Gasteiger partial charge is 0.351 e. The number of amides is 2. The molecule has 7 heteroatoms. The van der Waals surface area contributed by atoms with Gasteiger partial charge in [0, 0.05) is 12.2 Å². The number of anilines is 1. The molecule has 1 aliphatic carbocycles. The fourth-order valence-electron chi connectivity index (χ4n) is 4.35. The monoisotopic (exact) mass is 418 g/mol. The number of hydrogen-bond donors (Lipinski definition) is 4. The molecule has 0 radical (unpaired) electrons. The summed E-state index contributed by atoms with van der Waals surface area (Å²) in [4.78, 5) is 27.2. The van der Waals surface area contributed by atoms with Gasteiger partial charge in [-0.05, 0) is 57.2 Å². The van der Waals surface area contributed by atoms with Crippen LogP contribution in [-0.2, 0) is 9.59 Å². The summed E-state index contributed by atoms with van der Waals surface area (Å²) in [5, 5.41) is 5.86. The number of halogens is 1. The predicted octanol–water partition coefficient (Wildman–Crippen LogP) is -0.0572. The van der Waals surface area contributed by atoms with Crippen molar-refractivity contribution in [1.29, 1.82) is 0 Å². The third-order valence-electron chi connectivity index (χ3n) is 6.25. The van der Waals surface area contributed by atoms with Crippen molar-refractivity contribution in [2.45, 2.75) is 45.1 Å². The first-order valence-corrected chi connectivity index (χ1v) is 11.2. The predicted molar refractivity (Wildman–Crippen MR) is 115 cm³/mol. The standard InChI is InChI=1S/C23H33FN4O2/c1-18(23(30)25-11-10-19-6-3-2-4-7-19)28-14-12-27(13-15-28)17-22(29)26-21-9-5-8-20(24)16-21/h5-6,8-9,16,18H,2-4,7,10-15,17H2,1H3,(H,25,30)(H,26,29)/p+2/t18-/m1/s1. The Balaban J connectivity index is 1.35. The second kappa shape index (κ2) is 11.2. The average Bonchev–Trinajstić information content (AvgIpc) is 2.74. The van der Waals surface area contributed by atoms with E-state index in [1.165, 1.54) is 53.2 Å². The molecule has 1 aromatic rings. The molecule has 4 N–H and O–H groups in total. The maximum atomic E-state index is 13.2. The van der Waals surface area contributed by atoms with Gasteiger partial charge in [0.05, 0.1) is 0 Å². The first kappa shape index (κ1) is 22.4. The molecule has 0 spiro atoms. The van der Waals surface area contributed by atoms with Crippen molar-refractivity contribution in [1.82, 2.24) is 5.32 Å². The van der Waals surface area contributed by atoms with Crippen molar-refractivity contribution in [3.8, 4) is 0 Å². The molecular weight excluding hydrogens is 383 g/mol. The van der Waals surface area contributed by atoms with Gasteiger partial charge in [-0.2, -0.15) is 0 Å². The van der Waals surface area contributed by atoms with Crippen LogP contribution in [0.15, 0.2) is 35.9 Å². The molecule has 1 fully saturated rings. The SMILES string of the molecule is C[C@H](C(=O)NCCC1=CCCCC1)[NH+]1CC[NH+](CC(=O)Nc2cccc(F)c2)CC1. The summed E-state index contributed by atoms with van der Waals surface area (Å²) in [6, 6.07) is 5.86. The van der Waals surface area contributed by atoms with Gasteiger partial charge in [0.25, 0.3) is 11.8 Å². The fraction of sp³-hybridized carbons (Fsp3) is 0.565. The lowest BCUT2D eigenvalue weighted by atomic mass is 9.97. The highest BCUT2D eigenvalue weighted by atomic mass is 19.1. The van der Waals surface area contributed by atoms with Gasteiger partial charge >= 0.3 is 0 Å². The molecule has 30 heavy (non-hydrogen) atoms. The molecule has 1 aromatic carbocycles. The molecule has 6 nitrogen and oxygen atoms in total. The topological polar surface area (TPSA) is 67.1 Å². The van der Waals surface area contributed by atoms with Gasteiger partial charge < -0.3 is 20.4 Å². The molecule has 0 unspecified atom stereocenters. The van der Waals surface area contributed by atoms with Crippen molar-refractivity contribution >= 4 is 17.5 Å². The zero-order valence-electron chi connectivity index (χ0n) is 17.9. The Bertz CT molecular complexity index is 759. The highest BCUT2D eigenvalue weighted by Crippen LogP contribution is 2.19. The Labute approximate surface area is 178 Å². The Kier molecular flexibility index (Phi) is 8.39. The Hall–Kier alpha value is -2.25. The number of rotatable bonds is 8. The van der Waals surface area contributed by atoms with Crippen molar-refractivity contribution < 1.29 is 23.8 Å². The van der Waals surface area contributed by atoms with E-state index in [4.69, 9.17) is 0 Å². The van der Waals surface area contributed by atoms with Crippen LogP contribution in [0, 0.1) is 5.82 Å². The summed E-state index contributed by atoms with van der Waals surface area (Å²) in [5.41, 5.74) is 1.97. The molecule has 0 bridgehead atoms. The lowest BCUT2D eigenvalue weighted by molar-refractivity contribution is -1.01. The van der Waals surface area contributed by atoms with Gasteiger partial charge in [-0.3, -0.25) is 9.59 Å². The minimum atomic E-state index is -0.361. The van der Waals surface area contributed by atoms with Crippen LogP contribution in [0.1, 0.15) is 39.0 Å². The maximum absolute atomic E-state index is 13.2. The highest BCUT2D eigenvalue weighted by Gasteiger charge is 2.31. The number of allylic oxidation sites excluding steroid dienone is 1. The van der Waals surface area contributed by atoms with Crippen LogP contribution in [0.2, 0.25) is 0 Å². The van der Waals surface area contributed by atoms with Crippen LogP contribution in [0.5, 0.6) is 0 Å². The van der Waals surface area contributed by atoms with Crippen molar-refractivity contribution in [2.24, 2.45) is 0 Å². The lowest BCUT2D eigenvalue weighted by Gasteiger charge is -2.32. The third kappa shape index (κ3) is 6.92. The summed E-state index contributed by atoms with van der Waals surface area (Å²) >= 11 is 0. The maximum Gasteiger partial charge on any atom is 0.279 e. The molecule has 0 aromatic heterocycles. The molecule has 0 saturated carbocycles. The van der Waals surface area contributed by atoms with Crippen LogP contribution >= 0.6 is 0 Å². The summed E-state index contributed by atoms with van der Waals surface area (Å²) in [7, 11) is 0. The zero-order chi connectivity index (χ0) is 21.3. The van der Waals surface area contributed by atoms with E-state index in [0.29, 0.717) is 12.2 Å². The Morgan fingerprint density at radius 2 is 1.97 bits per heavy atom. The van der Waals surface area contributed by atoms with E-state index in [0.717, 1.165) is 39.1 Å². The van der Waals surface area contributed by atoms with E-state index in [2.05, 4.69) is 16.7 Å². The van der Waals surface area contributed by atoms with Gasteiger partial charge in [-0.1, -0.05) is 17.7 Å². The zero-order valence-corrected chi connectivity index (χ0v) is 17.9. The summed E-state index contributed by atoms with van der Waals surface area (Å²) < 4.78 is 13.2. The number of benzene rings is 1. The van der Waals surface area contributed by atoms with Gasteiger partial charge in [0.15, 0.2) is 12.6 Å². The molecule has 1 atom stereocenters. The van der Waals surface area contributed by atoms with E-state index in [1.807, 2.05) is 6.92 Å². The number of carbonyl (C=O) groups is 2. The fourth-order valence-corrected chi connectivity index (χ4v) is 4.35. The van der Waals surface area contributed by atoms with E-state index in [1.54, 1.807) is 12.1 Å². The molecule has 2 amide bonds. The summed E-state index contributed by atoms with van der Waals surface area (Å²) in [6.07, 6.45) is 8.21. The number of quaternary nitrogens is 2. The summed E-state index contributed by atoms with van der Waals surface area (Å²) in [5.74, 6) is -0.351. The van der Waals surface area contributed by atoms with Crippen LogP contribution in [0.25, 0.3) is 0 Å². The molecule has 1 heterocycles. The number of nitrogens with one attached hydrogen (secondary N) is 4. The number of piperazine rings is 1. The summed E-state index contributed by atoms with van der Waals surface area (Å²) in [6.45, 7) is 6.49. The molecule has 164 valence electrons. The van der Waals surface area contributed by atoms with Crippen LogP contribution in [0.4, 0.5) is 10.1 Å². The second-order valence-electron chi connectivity index (χ2n) is 8.51. The van der Waals surface area contributed by atoms with E-state index in [9.17, 15) is 14.0 Å². The van der Waals surface area contributed by atoms with Gasteiger partial charge in [-0.15, -0.1) is 0 Å². The van der Waals surface area contributed by atoms with Gasteiger partial charge in [-0.25, -0.2) is 4.39 Å². The van der Waals surface area contributed by atoms with Crippen molar-refractivity contribution in [3.05, 3.63) is 41.7 Å². The minimum Gasteiger partial charge on any atom is -0.351 e. The third-order valence-corrected chi connectivity index (χ3v) is 6.25. The number of carbonyl (C=O) groups excluding carboxylic acids is 2. The Morgan fingerprint density at radius 1 is 1.17 bits per heavy atom. The molecule has 1 saturated heterocycles. The normalized spacial score (nSPS) is 22.7. The Morgan fingerprint density at radius 3 is 2.67 bits per heavy atom. The van der Waals surface area contributed by atoms with E-state index < -0.39 is 0 Å². The van der Waals surface area contributed by atoms with Crippen LogP contribution in [-0.4, -0.2) is 57.1 Å².